The highest BCUT2D eigenvalue weighted by Gasteiger charge is 2.35. The van der Waals surface area contributed by atoms with Gasteiger partial charge in [-0.2, -0.15) is 0 Å². The Morgan fingerprint density at radius 3 is 2.59 bits per heavy atom. The summed E-state index contributed by atoms with van der Waals surface area (Å²) < 4.78 is 10.9. The number of hydrogen-bond acceptors (Lipinski definition) is 6. The van der Waals surface area contributed by atoms with E-state index in [4.69, 9.17) is 8.83 Å². The number of rotatable bonds is 6. The van der Waals surface area contributed by atoms with Gasteiger partial charge >= 0.3 is 6.03 Å². The highest BCUT2D eigenvalue weighted by molar-refractivity contribution is 7.98. The van der Waals surface area contributed by atoms with Crippen LogP contribution in [-0.4, -0.2) is 22.7 Å². The Balaban J connectivity index is 1.50. The summed E-state index contributed by atoms with van der Waals surface area (Å²) >= 11 is 1.43. The van der Waals surface area contributed by atoms with Crippen LogP contribution in [0.5, 0.6) is 0 Å². The van der Waals surface area contributed by atoms with Crippen molar-refractivity contribution < 1.29 is 23.2 Å². The van der Waals surface area contributed by atoms with Crippen LogP contribution in [0, 0.1) is 0 Å². The summed E-state index contributed by atoms with van der Waals surface area (Å²) in [6.07, 6.45) is 2.95. The molecule has 0 radical (unpaired) electrons. The van der Waals surface area contributed by atoms with Crippen molar-refractivity contribution in [2.24, 2.45) is 0 Å². The summed E-state index contributed by atoms with van der Waals surface area (Å²) in [5.41, 5.74) is 0.622. The number of hydrogen-bond donors (Lipinski definition) is 1. The molecule has 146 valence electrons. The van der Waals surface area contributed by atoms with Gasteiger partial charge in [0.25, 0.3) is 11.8 Å². The third-order valence-corrected chi connectivity index (χ3v) is 5.13. The molecule has 3 aromatic rings. The van der Waals surface area contributed by atoms with Crippen molar-refractivity contribution in [1.29, 1.82) is 0 Å². The van der Waals surface area contributed by atoms with E-state index in [2.05, 4.69) is 5.32 Å². The zero-order valence-corrected chi connectivity index (χ0v) is 16.0. The molecular weight excluding hydrogens is 392 g/mol. The first-order chi connectivity index (χ1) is 14.1. The molecule has 2 aromatic heterocycles. The van der Waals surface area contributed by atoms with Crippen molar-refractivity contribution in [3.63, 3.8) is 0 Å². The summed E-state index contributed by atoms with van der Waals surface area (Å²) in [6.45, 7) is 0.0680. The van der Waals surface area contributed by atoms with E-state index in [1.54, 1.807) is 30.5 Å². The number of amides is 4. The van der Waals surface area contributed by atoms with Gasteiger partial charge in [-0.3, -0.25) is 19.8 Å². The smallest absolute Gasteiger partial charge is 0.331 e. The van der Waals surface area contributed by atoms with Crippen LogP contribution in [-0.2, 0) is 21.9 Å². The number of barbiturate groups is 1. The second kappa shape index (κ2) is 8.24. The number of carbonyl (C=O) groups is 3. The molecule has 4 rings (SSSR count). The molecule has 7 nitrogen and oxygen atoms in total. The number of thioether (sulfide) groups is 1. The van der Waals surface area contributed by atoms with Gasteiger partial charge in [0.05, 0.1) is 18.6 Å². The molecule has 0 aliphatic carbocycles. The summed E-state index contributed by atoms with van der Waals surface area (Å²) in [5.74, 6) is 0.340. The molecule has 3 heterocycles. The zero-order valence-electron chi connectivity index (χ0n) is 15.2. The number of nitrogens with zero attached hydrogens (tertiary/aromatic N) is 1. The van der Waals surface area contributed by atoms with E-state index in [1.807, 2.05) is 30.3 Å². The summed E-state index contributed by atoms with van der Waals surface area (Å²) in [4.78, 5) is 38.1. The van der Waals surface area contributed by atoms with Crippen molar-refractivity contribution in [2.75, 3.05) is 0 Å². The molecule has 8 heteroatoms. The summed E-state index contributed by atoms with van der Waals surface area (Å²) in [7, 11) is 0. The molecule has 0 atom stereocenters. The number of carbonyl (C=O) groups excluding carboxylic acids is 3. The minimum atomic E-state index is -0.745. The lowest BCUT2D eigenvalue weighted by molar-refractivity contribution is -0.130. The molecule has 0 saturated carbocycles. The van der Waals surface area contributed by atoms with E-state index >= 15 is 0 Å². The molecular formula is C21H16N2O5S. The van der Waals surface area contributed by atoms with Gasteiger partial charge in [-0.05, 0) is 35.9 Å². The molecule has 29 heavy (non-hydrogen) atoms. The topological polar surface area (TPSA) is 92.8 Å². The monoisotopic (exact) mass is 408 g/mol. The summed E-state index contributed by atoms with van der Waals surface area (Å²) in [5, 5.41) is 2.82. The third kappa shape index (κ3) is 4.33. The minimum Gasteiger partial charge on any atom is -0.468 e. The van der Waals surface area contributed by atoms with Crippen LogP contribution < -0.4 is 5.32 Å². The van der Waals surface area contributed by atoms with E-state index in [9.17, 15) is 14.4 Å². The van der Waals surface area contributed by atoms with E-state index in [0.29, 0.717) is 16.6 Å². The van der Waals surface area contributed by atoms with Gasteiger partial charge in [-0.1, -0.05) is 42.1 Å². The van der Waals surface area contributed by atoms with Gasteiger partial charge in [0, 0.05) is 0 Å². The predicted octanol–water partition coefficient (Wildman–Crippen LogP) is 3.83. The number of urea groups is 1. The molecule has 4 amide bonds. The van der Waals surface area contributed by atoms with Gasteiger partial charge < -0.3 is 8.83 Å². The molecule has 1 saturated heterocycles. The fourth-order valence-electron chi connectivity index (χ4n) is 2.77. The van der Waals surface area contributed by atoms with Gasteiger partial charge in [-0.25, -0.2) is 4.79 Å². The first kappa shape index (κ1) is 18.8. The van der Waals surface area contributed by atoms with Crippen molar-refractivity contribution in [3.05, 3.63) is 83.5 Å². The van der Waals surface area contributed by atoms with E-state index in [0.717, 1.165) is 16.2 Å². The van der Waals surface area contributed by atoms with Gasteiger partial charge in [-0.15, -0.1) is 0 Å². The second-order valence-corrected chi connectivity index (χ2v) is 7.20. The Bertz CT molecular complexity index is 1070. The van der Waals surface area contributed by atoms with Crippen LogP contribution in [0.4, 0.5) is 4.79 Å². The summed E-state index contributed by atoms with van der Waals surface area (Å²) in [6, 6.07) is 15.4. The van der Waals surface area contributed by atoms with E-state index in [-0.39, 0.29) is 12.1 Å². The van der Waals surface area contributed by atoms with Gasteiger partial charge in [0.1, 0.15) is 17.1 Å². The Morgan fingerprint density at radius 2 is 1.83 bits per heavy atom. The fourth-order valence-corrected chi connectivity index (χ4v) is 3.54. The Labute approximate surface area is 170 Å². The molecule has 0 bridgehead atoms. The van der Waals surface area contributed by atoms with Crippen molar-refractivity contribution in [3.8, 4) is 0 Å². The van der Waals surface area contributed by atoms with Gasteiger partial charge in [0.2, 0.25) is 0 Å². The van der Waals surface area contributed by atoms with Crippen molar-refractivity contribution in [2.45, 2.75) is 17.4 Å². The van der Waals surface area contributed by atoms with Crippen LogP contribution in [0.1, 0.15) is 17.1 Å². The normalized spacial score (nSPS) is 15.8. The number of nitrogens with one attached hydrogen (secondary N) is 1. The molecule has 1 aliphatic rings. The highest BCUT2D eigenvalue weighted by atomic mass is 32.2. The second-order valence-electron chi connectivity index (χ2n) is 6.22. The minimum absolute atomic E-state index is 0.0680. The third-order valence-electron chi connectivity index (χ3n) is 4.19. The molecule has 1 aromatic carbocycles. The molecule has 0 spiro atoms. The van der Waals surface area contributed by atoms with Crippen LogP contribution in [0.15, 0.2) is 80.4 Å². The van der Waals surface area contributed by atoms with Crippen molar-refractivity contribution in [1.82, 2.24) is 10.2 Å². The predicted molar refractivity (Wildman–Crippen MR) is 105 cm³/mol. The van der Waals surface area contributed by atoms with E-state index in [1.165, 1.54) is 17.8 Å². The Morgan fingerprint density at radius 1 is 1.00 bits per heavy atom. The highest BCUT2D eigenvalue weighted by Crippen LogP contribution is 2.26. The first-order valence-corrected chi connectivity index (χ1v) is 9.76. The molecule has 1 fully saturated rings. The average Bonchev–Trinajstić information content (AvgIpc) is 3.39. The fraction of sp³-hybridized carbons (Fsp3) is 0.0952. The van der Waals surface area contributed by atoms with Crippen LogP contribution in [0.2, 0.25) is 0 Å². The Hall–Kier alpha value is -3.52. The van der Waals surface area contributed by atoms with Gasteiger partial charge in [0.15, 0.2) is 5.09 Å². The maximum Gasteiger partial charge on any atom is 0.331 e. The molecule has 1 aliphatic heterocycles. The zero-order chi connectivity index (χ0) is 20.2. The quantitative estimate of drug-likeness (QED) is 0.379. The average molecular weight is 408 g/mol. The maximum absolute atomic E-state index is 12.8. The lowest BCUT2D eigenvalue weighted by Gasteiger charge is -2.26. The SMILES string of the molecule is O=C1NC(=O)N(Cc2ccccc2)C(=O)/C1=C\c1ccc(SCc2ccco2)o1. The molecule has 1 N–H and O–H groups in total. The van der Waals surface area contributed by atoms with Crippen LogP contribution in [0.25, 0.3) is 6.08 Å². The largest absolute Gasteiger partial charge is 0.468 e. The first-order valence-electron chi connectivity index (χ1n) is 8.78. The number of benzene rings is 1. The standard InChI is InChI=1S/C21H16N2O5S/c24-19-17(11-15-8-9-18(28-15)29-13-16-7-4-10-27-16)20(25)23(21(26)22-19)12-14-5-2-1-3-6-14/h1-11H,12-13H2,(H,22,24,26)/b17-11-. The Kier molecular flexibility index (Phi) is 5.35. The lowest BCUT2D eigenvalue weighted by Crippen LogP contribution is -2.53. The van der Waals surface area contributed by atoms with Crippen molar-refractivity contribution >= 4 is 35.7 Å². The number of furan rings is 2. The lowest BCUT2D eigenvalue weighted by atomic mass is 10.1. The molecule has 0 unspecified atom stereocenters. The van der Waals surface area contributed by atoms with Crippen LogP contribution >= 0.6 is 11.8 Å². The van der Waals surface area contributed by atoms with E-state index < -0.39 is 17.8 Å². The maximum atomic E-state index is 12.8. The van der Waals surface area contributed by atoms with Crippen LogP contribution in [0.3, 0.4) is 0 Å². The number of imide groups is 2.